The van der Waals surface area contributed by atoms with Crippen molar-refractivity contribution in [2.24, 2.45) is 11.7 Å². The average Bonchev–Trinajstić information content (AvgIpc) is 2.96. The highest BCUT2D eigenvalue weighted by Gasteiger charge is 2.48. The molecule has 1 aliphatic heterocycles. The lowest BCUT2D eigenvalue weighted by Gasteiger charge is -2.38. The van der Waals surface area contributed by atoms with Crippen molar-refractivity contribution in [1.82, 2.24) is 4.90 Å². The number of hydrogen-bond acceptors (Lipinski definition) is 2. The van der Waals surface area contributed by atoms with Crippen LogP contribution in [0.5, 0.6) is 0 Å². The van der Waals surface area contributed by atoms with Crippen LogP contribution in [-0.4, -0.2) is 30.9 Å². The number of likely N-dealkylation sites (tertiary alicyclic amines) is 1. The van der Waals surface area contributed by atoms with Gasteiger partial charge in [0.15, 0.2) is 0 Å². The highest BCUT2D eigenvalue weighted by Crippen LogP contribution is 2.43. The third kappa shape index (κ3) is 3.30. The number of amides is 1. The molecule has 3 heteroatoms. The molecule has 1 aromatic carbocycles. The molecule has 122 valence electrons. The van der Waals surface area contributed by atoms with Crippen LogP contribution < -0.4 is 5.73 Å². The van der Waals surface area contributed by atoms with Gasteiger partial charge in [0.2, 0.25) is 5.91 Å². The lowest BCUT2D eigenvalue weighted by atomic mass is 9.64. The second-order valence-corrected chi connectivity index (χ2v) is 6.26. The van der Waals surface area contributed by atoms with Crippen LogP contribution in [0.4, 0.5) is 0 Å². The molecular weight excluding hydrogens is 284 g/mol. The van der Waals surface area contributed by atoms with Crippen LogP contribution in [0.25, 0.3) is 0 Å². The van der Waals surface area contributed by atoms with Crippen LogP contribution in [-0.2, 0) is 10.2 Å². The monoisotopic (exact) mass is 310 g/mol. The third-order valence-corrected chi connectivity index (χ3v) is 4.84. The molecule has 1 aromatic rings. The second-order valence-electron chi connectivity index (χ2n) is 6.26. The van der Waals surface area contributed by atoms with Crippen molar-refractivity contribution in [1.29, 1.82) is 0 Å². The van der Waals surface area contributed by atoms with Crippen molar-refractivity contribution < 1.29 is 4.79 Å². The molecular formula is C20H26N2O. The Morgan fingerprint density at radius 3 is 2.57 bits per heavy atom. The Labute approximate surface area is 139 Å². The third-order valence-electron chi connectivity index (χ3n) is 4.84. The van der Waals surface area contributed by atoms with Gasteiger partial charge in [0.25, 0.3) is 0 Å². The Hall–Kier alpha value is -2.13. The van der Waals surface area contributed by atoms with E-state index in [0.29, 0.717) is 0 Å². The minimum absolute atomic E-state index is 0.181. The van der Waals surface area contributed by atoms with Crippen molar-refractivity contribution >= 4 is 5.91 Å². The van der Waals surface area contributed by atoms with Gasteiger partial charge >= 0.3 is 0 Å². The van der Waals surface area contributed by atoms with Crippen LogP contribution in [0.15, 0.2) is 66.8 Å². The topological polar surface area (TPSA) is 46.3 Å². The highest BCUT2D eigenvalue weighted by atomic mass is 16.1. The van der Waals surface area contributed by atoms with Crippen LogP contribution in [0.2, 0.25) is 0 Å². The molecule has 2 N–H and O–H groups in total. The first-order valence-corrected chi connectivity index (χ1v) is 8.04. The maximum Gasteiger partial charge on any atom is 0.232 e. The number of nitrogens with zero attached hydrogens (tertiary/aromatic N) is 1. The molecule has 2 atom stereocenters. The maximum absolute atomic E-state index is 12.7. The SMILES string of the molecule is C=C/C=C\C=C(/C)C(C(N)=O)(c1ccccc1)[C@@H]1CCN(C)C1. The van der Waals surface area contributed by atoms with Gasteiger partial charge in [-0.2, -0.15) is 0 Å². The number of hydrogen-bond donors (Lipinski definition) is 1. The minimum Gasteiger partial charge on any atom is -0.369 e. The fraction of sp³-hybridized carbons (Fsp3) is 0.350. The first kappa shape index (κ1) is 17.2. The average molecular weight is 310 g/mol. The fourth-order valence-electron chi connectivity index (χ4n) is 3.72. The summed E-state index contributed by atoms with van der Waals surface area (Å²) in [6, 6.07) is 9.93. The van der Waals surface area contributed by atoms with E-state index in [9.17, 15) is 4.79 Å². The molecule has 2 rings (SSSR count). The van der Waals surface area contributed by atoms with Gasteiger partial charge in [0.1, 0.15) is 0 Å². The van der Waals surface area contributed by atoms with Gasteiger partial charge in [-0.05, 0) is 38.4 Å². The van der Waals surface area contributed by atoms with Crippen LogP contribution in [0.3, 0.4) is 0 Å². The predicted molar refractivity (Wildman–Crippen MR) is 96.0 cm³/mol. The standard InChI is InChI=1S/C20H26N2O/c1-4-5-7-10-16(2)20(19(21)23,17-11-8-6-9-12-17)18-13-14-22(3)15-18/h4-12,18H,1,13-15H2,2-3H3,(H2,21,23)/b7-5-,16-10+/t18-,20?/m1/s1. The van der Waals surface area contributed by atoms with Crippen molar-refractivity contribution in [3.05, 3.63) is 72.4 Å². The van der Waals surface area contributed by atoms with Gasteiger partial charge < -0.3 is 10.6 Å². The molecule has 0 aliphatic carbocycles. The number of carbonyl (C=O) groups is 1. The molecule has 1 saturated heterocycles. The van der Waals surface area contributed by atoms with Gasteiger partial charge in [0, 0.05) is 6.54 Å². The normalized spacial score (nSPS) is 22.2. The Morgan fingerprint density at radius 2 is 2.04 bits per heavy atom. The van der Waals surface area contributed by atoms with E-state index in [1.54, 1.807) is 6.08 Å². The van der Waals surface area contributed by atoms with Crippen molar-refractivity contribution in [2.45, 2.75) is 18.8 Å². The molecule has 1 fully saturated rings. The van der Waals surface area contributed by atoms with E-state index < -0.39 is 5.41 Å². The summed E-state index contributed by atoms with van der Waals surface area (Å²) < 4.78 is 0. The highest BCUT2D eigenvalue weighted by molar-refractivity contribution is 5.91. The molecule has 1 aliphatic rings. The fourth-order valence-corrected chi connectivity index (χ4v) is 3.72. The van der Waals surface area contributed by atoms with E-state index in [0.717, 1.165) is 30.6 Å². The van der Waals surface area contributed by atoms with Gasteiger partial charge in [-0.25, -0.2) is 0 Å². The van der Waals surface area contributed by atoms with E-state index >= 15 is 0 Å². The zero-order chi connectivity index (χ0) is 16.9. The van der Waals surface area contributed by atoms with E-state index in [4.69, 9.17) is 5.73 Å². The molecule has 0 radical (unpaired) electrons. The van der Waals surface area contributed by atoms with E-state index in [2.05, 4.69) is 18.5 Å². The minimum atomic E-state index is -0.766. The molecule has 0 bridgehead atoms. The number of primary amides is 1. The molecule has 1 amide bonds. The molecule has 23 heavy (non-hydrogen) atoms. The molecule has 1 heterocycles. The summed E-state index contributed by atoms with van der Waals surface area (Å²) in [6.45, 7) is 7.55. The molecule has 0 saturated carbocycles. The van der Waals surface area contributed by atoms with Crippen molar-refractivity contribution in [3.8, 4) is 0 Å². The summed E-state index contributed by atoms with van der Waals surface area (Å²) >= 11 is 0. The van der Waals surface area contributed by atoms with E-state index in [1.807, 2.05) is 55.5 Å². The van der Waals surface area contributed by atoms with Crippen LogP contribution >= 0.6 is 0 Å². The molecule has 3 nitrogen and oxygen atoms in total. The molecule has 0 spiro atoms. The maximum atomic E-state index is 12.7. The van der Waals surface area contributed by atoms with Crippen LogP contribution in [0, 0.1) is 5.92 Å². The molecule has 1 unspecified atom stereocenters. The number of benzene rings is 1. The van der Waals surface area contributed by atoms with Gasteiger partial charge in [-0.3, -0.25) is 4.79 Å². The van der Waals surface area contributed by atoms with E-state index in [1.165, 1.54) is 0 Å². The smallest absolute Gasteiger partial charge is 0.232 e. The first-order chi connectivity index (χ1) is 11.0. The quantitative estimate of drug-likeness (QED) is 0.821. The Morgan fingerprint density at radius 1 is 1.35 bits per heavy atom. The second kappa shape index (κ2) is 7.42. The summed E-state index contributed by atoms with van der Waals surface area (Å²) in [5.41, 5.74) is 7.19. The Bertz CT molecular complexity index is 618. The van der Waals surface area contributed by atoms with Crippen molar-refractivity contribution in [2.75, 3.05) is 20.1 Å². The van der Waals surface area contributed by atoms with Crippen molar-refractivity contribution in [3.63, 3.8) is 0 Å². The number of allylic oxidation sites excluding steroid dienone is 4. The van der Waals surface area contributed by atoms with E-state index in [-0.39, 0.29) is 11.8 Å². The number of carbonyl (C=O) groups excluding carboxylic acids is 1. The summed E-state index contributed by atoms with van der Waals surface area (Å²) in [6.07, 6.45) is 8.45. The first-order valence-electron chi connectivity index (χ1n) is 8.04. The zero-order valence-corrected chi connectivity index (χ0v) is 14.0. The largest absolute Gasteiger partial charge is 0.369 e. The van der Waals surface area contributed by atoms with Crippen LogP contribution in [0.1, 0.15) is 18.9 Å². The number of nitrogens with two attached hydrogens (primary N) is 1. The van der Waals surface area contributed by atoms with Gasteiger partial charge in [0.05, 0.1) is 5.41 Å². The Kier molecular flexibility index (Phi) is 5.56. The lowest BCUT2D eigenvalue weighted by molar-refractivity contribution is -0.123. The van der Waals surface area contributed by atoms with Gasteiger partial charge in [-0.15, -0.1) is 0 Å². The van der Waals surface area contributed by atoms with Gasteiger partial charge in [-0.1, -0.05) is 66.8 Å². The predicted octanol–water partition coefficient (Wildman–Crippen LogP) is 3.05. The Balaban J connectivity index is 2.60. The number of rotatable bonds is 6. The lowest BCUT2D eigenvalue weighted by Crippen LogP contribution is -2.49. The summed E-state index contributed by atoms with van der Waals surface area (Å²) in [7, 11) is 2.09. The zero-order valence-electron chi connectivity index (χ0n) is 14.0. The summed E-state index contributed by atoms with van der Waals surface area (Å²) in [4.78, 5) is 15.0. The summed E-state index contributed by atoms with van der Waals surface area (Å²) in [5.74, 6) is -0.0921. The molecule has 0 aromatic heterocycles. The summed E-state index contributed by atoms with van der Waals surface area (Å²) in [5, 5.41) is 0.